The Balaban J connectivity index is 0.000000366. The van der Waals surface area contributed by atoms with E-state index in [0.29, 0.717) is 41.8 Å². The Bertz CT molecular complexity index is 871. The van der Waals surface area contributed by atoms with Crippen LogP contribution in [-0.2, 0) is 14.3 Å². The summed E-state index contributed by atoms with van der Waals surface area (Å²) < 4.78 is 17.2. The number of halogens is 1. The first-order valence-electron chi connectivity index (χ1n) is 9.28. The molecule has 2 heterocycles. The number of benzene rings is 1. The van der Waals surface area contributed by atoms with Crippen LogP contribution in [-0.4, -0.2) is 60.0 Å². The minimum atomic E-state index is -1.26. The highest BCUT2D eigenvalue weighted by molar-refractivity contribution is 6.32. The van der Waals surface area contributed by atoms with Crippen molar-refractivity contribution in [3.63, 3.8) is 0 Å². The van der Waals surface area contributed by atoms with Crippen molar-refractivity contribution in [2.24, 2.45) is 0 Å². The summed E-state index contributed by atoms with van der Waals surface area (Å²) in [6, 6.07) is 11.1. The van der Waals surface area contributed by atoms with Gasteiger partial charge in [0.1, 0.15) is 17.6 Å². The molecule has 0 spiro atoms. The second-order valence-electron chi connectivity index (χ2n) is 6.21. The van der Waals surface area contributed by atoms with Gasteiger partial charge in [0.05, 0.1) is 24.4 Å². The fourth-order valence-electron chi connectivity index (χ4n) is 2.63. The number of aliphatic carboxylic acids is 2. The van der Waals surface area contributed by atoms with E-state index in [2.05, 4.69) is 10.3 Å². The number of hydrogen-bond donors (Lipinski definition) is 3. The molecular formula is C21H23ClN2O7. The zero-order valence-electron chi connectivity index (χ0n) is 16.7. The molecule has 1 aliphatic heterocycles. The molecule has 2 atom stereocenters. The zero-order chi connectivity index (χ0) is 22.6. The Morgan fingerprint density at radius 2 is 2.00 bits per heavy atom. The topological polar surface area (TPSA) is 127 Å². The molecule has 31 heavy (non-hydrogen) atoms. The summed E-state index contributed by atoms with van der Waals surface area (Å²) in [7, 11) is 1.60. The summed E-state index contributed by atoms with van der Waals surface area (Å²) in [5.74, 6) is -1.25. The molecule has 0 saturated carbocycles. The van der Waals surface area contributed by atoms with Crippen LogP contribution >= 0.6 is 11.6 Å². The van der Waals surface area contributed by atoms with Crippen molar-refractivity contribution in [2.75, 3.05) is 26.8 Å². The van der Waals surface area contributed by atoms with Crippen molar-refractivity contribution >= 4 is 23.5 Å². The van der Waals surface area contributed by atoms with Gasteiger partial charge in [-0.1, -0.05) is 17.7 Å². The maximum Gasteiger partial charge on any atom is 0.328 e. The molecule has 1 aromatic heterocycles. The number of ether oxygens (including phenoxy) is 3. The van der Waals surface area contributed by atoms with Crippen molar-refractivity contribution in [1.82, 2.24) is 10.3 Å². The monoisotopic (exact) mass is 450 g/mol. The van der Waals surface area contributed by atoms with Crippen LogP contribution in [0.25, 0.3) is 0 Å². The maximum absolute atomic E-state index is 9.55. The van der Waals surface area contributed by atoms with E-state index < -0.39 is 11.9 Å². The molecule has 1 aromatic carbocycles. The lowest BCUT2D eigenvalue weighted by atomic mass is 10.1. The van der Waals surface area contributed by atoms with Crippen LogP contribution in [0, 0.1) is 0 Å². The second kappa shape index (κ2) is 12.5. The number of nitrogens with zero attached hydrogens (tertiary/aromatic N) is 1. The number of nitrogens with one attached hydrogen (secondary N) is 1. The molecule has 2 aromatic rings. The molecule has 1 fully saturated rings. The molecule has 9 nitrogen and oxygen atoms in total. The van der Waals surface area contributed by atoms with Gasteiger partial charge in [0.2, 0.25) is 0 Å². The molecule has 0 aliphatic carbocycles. The number of rotatable bonds is 7. The lowest BCUT2D eigenvalue weighted by Crippen LogP contribution is -2.43. The summed E-state index contributed by atoms with van der Waals surface area (Å²) in [4.78, 5) is 23.5. The normalized spacial score (nSPS) is 16.6. The number of pyridine rings is 1. The van der Waals surface area contributed by atoms with E-state index in [1.54, 1.807) is 25.4 Å². The van der Waals surface area contributed by atoms with Gasteiger partial charge in [-0.3, -0.25) is 4.98 Å². The number of methoxy groups -OCH3 is 1. The average Bonchev–Trinajstić information content (AvgIpc) is 2.78. The minimum Gasteiger partial charge on any atom is -0.497 e. The van der Waals surface area contributed by atoms with Gasteiger partial charge in [-0.05, 0) is 24.3 Å². The first kappa shape index (κ1) is 24.1. The van der Waals surface area contributed by atoms with Crippen LogP contribution < -0.4 is 14.8 Å². The molecule has 0 bridgehead atoms. The van der Waals surface area contributed by atoms with Crippen LogP contribution in [0.3, 0.4) is 0 Å². The van der Waals surface area contributed by atoms with E-state index in [1.165, 1.54) is 0 Å². The van der Waals surface area contributed by atoms with E-state index in [0.717, 1.165) is 12.2 Å². The summed E-state index contributed by atoms with van der Waals surface area (Å²) in [6.45, 7) is 2.19. The van der Waals surface area contributed by atoms with E-state index in [9.17, 15) is 9.59 Å². The summed E-state index contributed by atoms with van der Waals surface area (Å²) in [6.07, 6.45) is 2.40. The van der Waals surface area contributed by atoms with Gasteiger partial charge in [0, 0.05) is 37.5 Å². The fourth-order valence-corrected chi connectivity index (χ4v) is 2.85. The van der Waals surface area contributed by atoms with Gasteiger partial charge in [0.15, 0.2) is 6.10 Å². The van der Waals surface area contributed by atoms with Crippen LogP contribution in [0.15, 0.2) is 54.7 Å². The van der Waals surface area contributed by atoms with Crippen LogP contribution in [0.2, 0.25) is 5.02 Å². The Hall–Kier alpha value is -3.14. The van der Waals surface area contributed by atoms with E-state index in [-0.39, 0.29) is 12.2 Å². The second-order valence-corrected chi connectivity index (χ2v) is 6.62. The predicted molar refractivity (Wildman–Crippen MR) is 113 cm³/mol. The average molecular weight is 451 g/mol. The highest BCUT2D eigenvalue weighted by Gasteiger charge is 2.29. The maximum atomic E-state index is 9.55. The molecule has 10 heteroatoms. The Morgan fingerprint density at radius 1 is 1.26 bits per heavy atom. The highest BCUT2D eigenvalue weighted by Crippen LogP contribution is 2.33. The summed E-state index contributed by atoms with van der Waals surface area (Å²) in [5, 5.41) is 19.4. The number of aromatic nitrogens is 1. The van der Waals surface area contributed by atoms with Gasteiger partial charge in [-0.25, -0.2) is 9.59 Å². The lowest BCUT2D eigenvalue weighted by molar-refractivity contribution is -0.134. The SMILES string of the molecule is COc1ccc(O[C@@H](c2ccccn2)[C@@H]2CNCCO2)c(Cl)c1.O=C(O)/C=C/C(=O)O. The molecule has 0 amide bonds. The Kier molecular flexibility index (Phi) is 9.76. The first-order chi connectivity index (χ1) is 14.9. The van der Waals surface area contributed by atoms with Gasteiger partial charge in [-0.2, -0.15) is 0 Å². The largest absolute Gasteiger partial charge is 0.497 e. The van der Waals surface area contributed by atoms with Crippen molar-refractivity contribution in [3.05, 3.63) is 65.5 Å². The molecule has 3 rings (SSSR count). The standard InChI is InChI=1S/C17H19ClN2O3.C4H4O4/c1-21-12-5-6-15(13(18)10-12)23-17(14-4-2-3-7-20-14)16-11-19-8-9-22-16;5-3(6)1-2-4(7)8/h2-7,10,16-17,19H,8-9,11H2,1H3;1-2H,(H,5,6)(H,7,8)/b;2-1+/t16-,17-;/m0./s1. The molecule has 0 radical (unpaired) electrons. The minimum absolute atomic E-state index is 0.128. The third-order valence-electron chi connectivity index (χ3n) is 4.03. The summed E-state index contributed by atoms with van der Waals surface area (Å²) in [5.41, 5.74) is 0.813. The first-order valence-corrected chi connectivity index (χ1v) is 9.66. The zero-order valence-corrected chi connectivity index (χ0v) is 17.5. The van der Waals surface area contributed by atoms with E-state index in [1.807, 2.05) is 24.3 Å². The lowest BCUT2D eigenvalue weighted by Gasteiger charge is -2.31. The molecular weight excluding hydrogens is 428 g/mol. The molecule has 3 N–H and O–H groups in total. The quantitative estimate of drug-likeness (QED) is 0.545. The number of morpholine rings is 1. The number of carboxylic acids is 2. The van der Waals surface area contributed by atoms with Crippen molar-refractivity contribution < 1.29 is 34.0 Å². The third kappa shape index (κ3) is 8.25. The van der Waals surface area contributed by atoms with Crippen molar-refractivity contribution in [2.45, 2.75) is 12.2 Å². The number of carbonyl (C=O) groups is 2. The highest BCUT2D eigenvalue weighted by atomic mass is 35.5. The number of hydrogen-bond acceptors (Lipinski definition) is 7. The van der Waals surface area contributed by atoms with E-state index in [4.69, 9.17) is 36.0 Å². The number of carboxylic acid groups (broad SMARTS) is 2. The molecule has 166 valence electrons. The van der Waals surface area contributed by atoms with Crippen molar-refractivity contribution in [3.8, 4) is 11.5 Å². The molecule has 1 saturated heterocycles. The molecule has 1 aliphatic rings. The van der Waals surface area contributed by atoms with Gasteiger partial charge >= 0.3 is 11.9 Å². The third-order valence-corrected chi connectivity index (χ3v) is 4.33. The van der Waals surface area contributed by atoms with Gasteiger partial charge in [0.25, 0.3) is 0 Å². The smallest absolute Gasteiger partial charge is 0.328 e. The van der Waals surface area contributed by atoms with Gasteiger partial charge < -0.3 is 29.7 Å². The van der Waals surface area contributed by atoms with Crippen LogP contribution in [0.5, 0.6) is 11.5 Å². The molecule has 0 unspecified atom stereocenters. The van der Waals surface area contributed by atoms with Gasteiger partial charge in [-0.15, -0.1) is 0 Å². The van der Waals surface area contributed by atoms with E-state index >= 15 is 0 Å². The Labute approximate surface area is 184 Å². The predicted octanol–water partition coefficient (Wildman–Crippen LogP) is 2.56. The van der Waals surface area contributed by atoms with Crippen LogP contribution in [0.4, 0.5) is 0 Å². The van der Waals surface area contributed by atoms with Crippen LogP contribution in [0.1, 0.15) is 11.8 Å². The Morgan fingerprint density at radius 3 is 2.52 bits per heavy atom. The summed E-state index contributed by atoms with van der Waals surface area (Å²) >= 11 is 6.30. The van der Waals surface area contributed by atoms with Crippen molar-refractivity contribution in [1.29, 1.82) is 0 Å². The fraction of sp³-hybridized carbons (Fsp3) is 0.286.